The van der Waals surface area contributed by atoms with Crippen LogP contribution in [0.1, 0.15) is 25.3 Å². The van der Waals surface area contributed by atoms with E-state index in [2.05, 4.69) is 19.1 Å². The van der Waals surface area contributed by atoms with Crippen molar-refractivity contribution in [2.45, 2.75) is 26.2 Å². The standard InChI is InChI=1S/C11H15N/c1-2-6-11(12)9-10-7-4-3-5-8-10/h3-5,7-8,12H,2,6,9H2,1H3. The molecule has 0 radical (unpaired) electrons. The second-order valence-corrected chi connectivity index (χ2v) is 3.02. The molecule has 0 fully saturated rings. The predicted octanol–water partition coefficient (Wildman–Crippen LogP) is 3.05. The highest BCUT2D eigenvalue weighted by molar-refractivity contribution is 5.83. The number of hydrogen-bond acceptors (Lipinski definition) is 1. The predicted molar refractivity (Wildman–Crippen MR) is 52.8 cm³/mol. The fourth-order valence-electron chi connectivity index (χ4n) is 1.23. The van der Waals surface area contributed by atoms with E-state index in [4.69, 9.17) is 5.41 Å². The SMILES string of the molecule is CCCC(=N)Cc1ccccc1. The van der Waals surface area contributed by atoms with Gasteiger partial charge in [0.05, 0.1) is 0 Å². The summed E-state index contributed by atoms with van der Waals surface area (Å²) in [6, 6.07) is 10.2. The molecule has 0 saturated carbocycles. The van der Waals surface area contributed by atoms with Crippen molar-refractivity contribution < 1.29 is 0 Å². The molecule has 0 unspecified atom stereocenters. The van der Waals surface area contributed by atoms with Crippen molar-refractivity contribution in [3.8, 4) is 0 Å². The normalized spacial score (nSPS) is 9.75. The van der Waals surface area contributed by atoms with Crippen molar-refractivity contribution in [3.63, 3.8) is 0 Å². The lowest BCUT2D eigenvalue weighted by atomic mass is 10.1. The van der Waals surface area contributed by atoms with Gasteiger partial charge in [0.2, 0.25) is 0 Å². The van der Waals surface area contributed by atoms with E-state index in [0.717, 1.165) is 25.0 Å². The second-order valence-electron chi connectivity index (χ2n) is 3.02. The first-order chi connectivity index (χ1) is 5.83. The third kappa shape index (κ3) is 2.87. The molecule has 1 aromatic rings. The lowest BCUT2D eigenvalue weighted by molar-refractivity contribution is 0.965. The van der Waals surface area contributed by atoms with Crippen molar-refractivity contribution in [3.05, 3.63) is 35.9 Å². The Kier molecular flexibility index (Phi) is 3.52. The third-order valence-electron chi connectivity index (χ3n) is 1.81. The van der Waals surface area contributed by atoms with Crippen LogP contribution in [0.3, 0.4) is 0 Å². The molecular formula is C11H15N. The van der Waals surface area contributed by atoms with Gasteiger partial charge in [0.15, 0.2) is 0 Å². The maximum atomic E-state index is 7.63. The zero-order valence-corrected chi connectivity index (χ0v) is 7.51. The molecular weight excluding hydrogens is 146 g/mol. The van der Waals surface area contributed by atoms with Crippen LogP contribution in [0.4, 0.5) is 0 Å². The zero-order valence-electron chi connectivity index (χ0n) is 7.51. The van der Waals surface area contributed by atoms with Crippen molar-refractivity contribution >= 4 is 5.71 Å². The van der Waals surface area contributed by atoms with E-state index >= 15 is 0 Å². The Bertz CT molecular complexity index is 238. The molecule has 0 saturated heterocycles. The highest BCUT2D eigenvalue weighted by atomic mass is 14.4. The maximum Gasteiger partial charge on any atom is 0.0133 e. The molecule has 0 aliphatic rings. The molecule has 1 heteroatoms. The zero-order chi connectivity index (χ0) is 8.81. The van der Waals surface area contributed by atoms with E-state index in [1.54, 1.807) is 0 Å². The summed E-state index contributed by atoms with van der Waals surface area (Å²) < 4.78 is 0. The molecule has 0 heterocycles. The molecule has 1 nitrogen and oxygen atoms in total. The molecule has 1 rings (SSSR count). The van der Waals surface area contributed by atoms with Crippen LogP contribution < -0.4 is 0 Å². The van der Waals surface area contributed by atoms with Crippen LogP contribution in [0.5, 0.6) is 0 Å². The monoisotopic (exact) mass is 161 g/mol. The van der Waals surface area contributed by atoms with Gasteiger partial charge in [-0.15, -0.1) is 0 Å². The van der Waals surface area contributed by atoms with E-state index in [0.29, 0.717) is 0 Å². The minimum atomic E-state index is 0.814. The van der Waals surface area contributed by atoms with Crippen LogP contribution in [0.2, 0.25) is 0 Å². The maximum absolute atomic E-state index is 7.63. The Morgan fingerprint density at radius 3 is 2.50 bits per heavy atom. The first-order valence-corrected chi connectivity index (χ1v) is 4.43. The minimum Gasteiger partial charge on any atom is -0.309 e. The lowest BCUT2D eigenvalue weighted by Crippen LogP contribution is -1.99. The smallest absolute Gasteiger partial charge is 0.0133 e. The quantitative estimate of drug-likeness (QED) is 0.656. The van der Waals surface area contributed by atoms with Gasteiger partial charge in [-0.2, -0.15) is 0 Å². The van der Waals surface area contributed by atoms with Crippen molar-refractivity contribution in [2.24, 2.45) is 0 Å². The van der Waals surface area contributed by atoms with Gasteiger partial charge in [0.1, 0.15) is 0 Å². The average Bonchev–Trinajstić information content (AvgIpc) is 2.06. The summed E-state index contributed by atoms with van der Waals surface area (Å²) in [7, 11) is 0. The molecule has 0 atom stereocenters. The van der Waals surface area contributed by atoms with Crippen LogP contribution in [0.25, 0.3) is 0 Å². The topological polar surface area (TPSA) is 23.9 Å². The largest absolute Gasteiger partial charge is 0.309 e. The number of rotatable bonds is 4. The Labute approximate surface area is 73.9 Å². The van der Waals surface area contributed by atoms with Gasteiger partial charge < -0.3 is 5.41 Å². The Hall–Kier alpha value is -1.11. The van der Waals surface area contributed by atoms with Crippen molar-refractivity contribution in [1.29, 1.82) is 5.41 Å². The molecule has 0 spiro atoms. The first-order valence-electron chi connectivity index (χ1n) is 4.43. The molecule has 12 heavy (non-hydrogen) atoms. The third-order valence-corrected chi connectivity index (χ3v) is 1.81. The van der Waals surface area contributed by atoms with Crippen LogP contribution in [-0.2, 0) is 6.42 Å². The van der Waals surface area contributed by atoms with Crippen LogP contribution in [0, 0.1) is 5.41 Å². The fourth-order valence-corrected chi connectivity index (χ4v) is 1.23. The summed E-state index contributed by atoms with van der Waals surface area (Å²) in [5.74, 6) is 0. The molecule has 1 N–H and O–H groups in total. The first kappa shape index (κ1) is 8.98. The van der Waals surface area contributed by atoms with Gasteiger partial charge in [0.25, 0.3) is 0 Å². The van der Waals surface area contributed by atoms with Gasteiger partial charge in [-0.1, -0.05) is 43.7 Å². The molecule has 1 aromatic carbocycles. The molecule has 0 aliphatic heterocycles. The number of nitrogens with one attached hydrogen (secondary N) is 1. The number of benzene rings is 1. The van der Waals surface area contributed by atoms with Gasteiger partial charge in [-0.3, -0.25) is 0 Å². The van der Waals surface area contributed by atoms with Crippen LogP contribution in [-0.4, -0.2) is 5.71 Å². The molecule has 0 aromatic heterocycles. The Balaban J connectivity index is 2.47. The Morgan fingerprint density at radius 1 is 1.25 bits per heavy atom. The fraction of sp³-hybridized carbons (Fsp3) is 0.364. The van der Waals surface area contributed by atoms with E-state index in [9.17, 15) is 0 Å². The Morgan fingerprint density at radius 2 is 1.92 bits per heavy atom. The number of hydrogen-bond donors (Lipinski definition) is 1. The molecule has 0 bridgehead atoms. The molecule has 0 amide bonds. The lowest BCUT2D eigenvalue weighted by Gasteiger charge is -2.01. The highest BCUT2D eigenvalue weighted by Gasteiger charge is 1.96. The summed E-state index contributed by atoms with van der Waals surface area (Å²) in [5, 5.41) is 7.63. The minimum absolute atomic E-state index is 0.814. The van der Waals surface area contributed by atoms with E-state index < -0.39 is 0 Å². The summed E-state index contributed by atoms with van der Waals surface area (Å²) in [4.78, 5) is 0. The van der Waals surface area contributed by atoms with Gasteiger partial charge >= 0.3 is 0 Å². The summed E-state index contributed by atoms with van der Waals surface area (Å²) in [6.45, 7) is 2.11. The van der Waals surface area contributed by atoms with Crippen molar-refractivity contribution in [2.75, 3.05) is 0 Å². The summed E-state index contributed by atoms with van der Waals surface area (Å²) >= 11 is 0. The highest BCUT2D eigenvalue weighted by Crippen LogP contribution is 2.02. The van der Waals surface area contributed by atoms with E-state index in [1.165, 1.54) is 5.56 Å². The van der Waals surface area contributed by atoms with Crippen molar-refractivity contribution in [1.82, 2.24) is 0 Å². The molecule has 0 aliphatic carbocycles. The average molecular weight is 161 g/mol. The molecule has 64 valence electrons. The van der Waals surface area contributed by atoms with Crippen LogP contribution >= 0.6 is 0 Å². The van der Waals surface area contributed by atoms with Gasteiger partial charge in [-0.25, -0.2) is 0 Å². The summed E-state index contributed by atoms with van der Waals surface area (Å²) in [6.07, 6.45) is 2.81. The van der Waals surface area contributed by atoms with Crippen LogP contribution in [0.15, 0.2) is 30.3 Å². The van der Waals surface area contributed by atoms with E-state index in [-0.39, 0.29) is 0 Å². The summed E-state index contributed by atoms with van der Waals surface area (Å²) in [5.41, 5.74) is 2.08. The second kappa shape index (κ2) is 4.70. The van der Waals surface area contributed by atoms with Gasteiger partial charge in [-0.05, 0) is 12.0 Å². The van der Waals surface area contributed by atoms with Gasteiger partial charge in [0, 0.05) is 12.1 Å². The van der Waals surface area contributed by atoms with E-state index in [1.807, 2.05) is 18.2 Å².